The number of aliphatic hydroxyl groups excluding tert-OH is 3. The molecule has 3 rings (SSSR count). The molecule has 1 aliphatic rings. The van der Waals surface area contributed by atoms with Crippen molar-refractivity contribution < 1.29 is 20.1 Å². The van der Waals surface area contributed by atoms with Crippen LogP contribution in [0.4, 0.5) is 5.69 Å². The number of hydrogen-bond donors (Lipinski definition) is 4. The fourth-order valence-corrected chi connectivity index (χ4v) is 2.25. The van der Waals surface area contributed by atoms with E-state index >= 15 is 0 Å². The van der Waals surface area contributed by atoms with Crippen LogP contribution in [0.5, 0.6) is 0 Å². The average molecular weight is 266 g/mol. The third-order valence-corrected chi connectivity index (χ3v) is 3.28. The number of nitrogens with zero attached hydrogens (tertiary/aromatic N) is 3. The highest BCUT2D eigenvalue weighted by atomic mass is 16.6. The maximum absolute atomic E-state index is 9.97. The van der Waals surface area contributed by atoms with E-state index in [2.05, 4.69) is 9.97 Å². The molecule has 5 N–H and O–H groups in total. The lowest BCUT2D eigenvalue weighted by Gasteiger charge is -2.16. The molecular formula is C11H14N4O4. The van der Waals surface area contributed by atoms with Crippen molar-refractivity contribution in [1.29, 1.82) is 0 Å². The molecule has 0 aromatic carbocycles. The third kappa shape index (κ3) is 1.77. The monoisotopic (exact) mass is 266 g/mol. The SMILES string of the molecule is Nc1ccnc2c1ncn2C1OC(CO)C(O)C1O. The van der Waals surface area contributed by atoms with Crippen LogP contribution in [-0.4, -0.2) is 54.8 Å². The number of pyridine rings is 1. The molecule has 1 aliphatic heterocycles. The van der Waals surface area contributed by atoms with Gasteiger partial charge in [0.2, 0.25) is 0 Å². The van der Waals surface area contributed by atoms with E-state index in [0.717, 1.165) is 0 Å². The molecule has 0 saturated carbocycles. The molecule has 2 aromatic rings. The van der Waals surface area contributed by atoms with Gasteiger partial charge in [0.15, 0.2) is 11.9 Å². The lowest BCUT2D eigenvalue weighted by atomic mass is 10.1. The first kappa shape index (κ1) is 12.3. The van der Waals surface area contributed by atoms with E-state index in [-0.39, 0.29) is 6.61 Å². The van der Waals surface area contributed by atoms with E-state index in [4.69, 9.17) is 15.6 Å². The van der Waals surface area contributed by atoms with Crippen molar-refractivity contribution in [3.05, 3.63) is 18.6 Å². The van der Waals surface area contributed by atoms with E-state index in [1.165, 1.54) is 17.1 Å². The minimum Gasteiger partial charge on any atom is -0.397 e. The number of aromatic nitrogens is 3. The molecule has 0 bridgehead atoms. The lowest BCUT2D eigenvalue weighted by Crippen LogP contribution is -2.33. The smallest absolute Gasteiger partial charge is 0.165 e. The Balaban J connectivity index is 2.04. The van der Waals surface area contributed by atoms with Gasteiger partial charge in [-0.2, -0.15) is 0 Å². The zero-order chi connectivity index (χ0) is 13.6. The molecule has 0 aliphatic carbocycles. The summed E-state index contributed by atoms with van der Waals surface area (Å²) in [6.45, 7) is -0.378. The number of nitrogen functional groups attached to an aromatic ring is 1. The predicted octanol–water partition coefficient (Wildman–Crippen LogP) is -1.38. The van der Waals surface area contributed by atoms with Crippen LogP contribution in [0.3, 0.4) is 0 Å². The Kier molecular flexibility index (Phi) is 2.86. The van der Waals surface area contributed by atoms with Gasteiger partial charge in [0.1, 0.15) is 23.8 Å². The number of nitrogens with two attached hydrogens (primary N) is 1. The molecule has 4 atom stereocenters. The van der Waals surface area contributed by atoms with E-state index < -0.39 is 24.5 Å². The van der Waals surface area contributed by atoms with Gasteiger partial charge in [-0.1, -0.05) is 0 Å². The standard InChI is InChI=1S/C11H14N4O4/c12-5-1-2-13-10-7(5)14-4-15(10)11-9(18)8(17)6(3-16)19-11/h1-2,4,6,8-9,11,16-18H,3H2,(H2,12,13). The maximum atomic E-state index is 9.97. The topological polar surface area (TPSA) is 127 Å². The minimum absolute atomic E-state index is 0.378. The lowest BCUT2D eigenvalue weighted by molar-refractivity contribution is -0.0511. The Morgan fingerprint density at radius 1 is 1.32 bits per heavy atom. The molecule has 1 saturated heterocycles. The highest BCUT2D eigenvalue weighted by molar-refractivity contribution is 5.83. The van der Waals surface area contributed by atoms with Gasteiger partial charge >= 0.3 is 0 Å². The normalized spacial score (nSPS) is 31.1. The number of ether oxygens (including phenoxy) is 1. The van der Waals surface area contributed by atoms with Crippen LogP contribution in [0.25, 0.3) is 11.2 Å². The Labute approximate surface area is 108 Å². The van der Waals surface area contributed by atoms with Gasteiger partial charge < -0.3 is 25.8 Å². The van der Waals surface area contributed by atoms with Gasteiger partial charge in [0.25, 0.3) is 0 Å². The number of hydrogen-bond acceptors (Lipinski definition) is 7. The average Bonchev–Trinajstić information content (AvgIpc) is 2.94. The van der Waals surface area contributed by atoms with Crippen molar-refractivity contribution in [3.63, 3.8) is 0 Å². The summed E-state index contributed by atoms with van der Waals surface area (Å²) < 4.78 is 6.91. The largest absolute Gasteiger partial charge is 0.397 e. The van der Waals surface area contributed by atoms with Gasteiger partial charge in [-0.15, -0.1) is 0 Å². The van der Waals surface area contributed by atoms with Gasteiger partial charge in [-0.3, -0.25) is 4.57 Å². The van der Waals surface area contributed by atoms with E-state index in [0.29, 0.717) is 16.9 Å². The molecular weight excluding hydrogens is 252 g/mol. The number of aliphatic hydroxyl groups is 3. The van der Waals surface area contributed by atoms with Crippen LogP contribution in [0.15, 0.2) is 18.6 Å². The molecule has 102 valence electrons. The van der Waals surface area contributed by atoms with Crippen molar-refractivity contribution in [2.75, 3.05) is 12.3 Å². The zero-order valence-corrected chi connectivity index (χ0v) is 9.92. The van der Waals surface area contributed by atoms with Crippen molar-refractivity contribution in [1.82, 2.24) is 14.5 Å². The van der Waals surface area contributed by atoms with Gasteiger partial charge in [-0.05, 0) is 6.07 Å². The molecule has 19 heavy (non-hydrogen) atoms. The highest BCUT2D eigenvalue weighted by Gasteiger charge is 2.43. The molecule has 4 unspecified atom stereocenters. The number of anilines is 1. The maximum Gasteiger partial charge on any atom is 0.165 e. The Hall–Kier alpha value is -1.74. The van der Waals surface area contributed by atoms with Crippen LogP contribution in [0.2, 0.25) is 0 Å². The number of imidazole rings is 1. The molecule has 0 spiro atoms. The summed E-state index contributed by atoms with van der Waals surface area (Å²) in [6.07, 6.45) is -1.05. The summed E-state index contributed by atoms with van der Waals surface area (Å²) in [7, 11) is 0. The van der Waals surface area contributed by atoms with Crippen LogP contribution in [0, 0.1) is 0 Å². The second-order valence-electron chi connectivity index (χ2n) is 4.45. The second-order valence-corrected chi connectivity index (χ2v) is 4.45. The van der Waals surface area contributed by atoms with Gasteiger partial charge in [0, 0.05) is 6.20 Å². The fraction of sp³-hybridized carbons (Fsp3) is 0.455. The first-order valence-corrected chi connectivity index (χ1v) is 5.83. The quantitative estimate of drug-likeness (QED) is 0.528. The van der Waals surface area contributed by atoms with Crippen LogP contribution in [-0.2, 0) is 4.74 Å². The summed E-state index contributed by atoms with van der Waals surface area (Å²) >= 11 is 0. The van der Waals surface area contributed by atoms with Crippen molar-refractivity contribution in [2.45, 2.75) is 24.5 Å². The molecule has 3 heterocycles. The first-order chi connectivity index (χ1) is 9.13. The molecule has 0 radical (unpaired) electrons. The fourth-order valence-electron chi connectivity index (χ4n) is 2.25. The third-order valence-electron chi connectivity index (χ3n) is 3.28. The highest BCUT2D eigenvalue weighted by Crippen LogP contribution is 2.31. The Bertz CT molecular complexity index is 601. The summed E-state index contributed by atoms with van der Waals surface area (Å²) in [4.78, 5) is 8.26. The summed E-state index contributed by atoms with van der Waals surface area (Å²) in [5.74, 6) is 0. The summed E-state index contributed by atoms with van der Waals surface area (Å²) in [5.41, 5.74) is 7.20. The van der Waals surface area contributed by atoms with E-state index in [9.17, 15) is 10.2 Å². The molecule has 1 fully saturated rings. The van der Waals surface area contributed by atoms with E-state index in [1.807, 2.05) is 0 Å². The minimum atomic E-state index is -1.17. The van der Waals surface area contributed by atoms with Crippen molar-refractivity contribution in [2.24, 2.45) is 0 Å². The summed E-state index contributed by atoms with van der Waals surface area (Å²) in [5, 5.41) is 28.8. The Morgan fingerprint density at radius 2 is 2.11 bits per heavy atom. The number of rotatable bonds is 2. The molecule has 8 nitrogen and oxygen atoms in total. The van der Waals surface area contributed by atoms with Gasteiger partial charge in [-0.25, -0.2) is 9.97 Å². The van der Waals surface area contributed by atoms with Crippen LogP contribution >= 0.6 is 0 Å². The van der Waals surface area contributed by atoms with Crippen molar-refractivity contribution in [3.8, 4) is 0 Å². The number of fused-ring (bicyclic) bond motifs is 1. The predicted molar refractivity (Wildman–Crippen MR) is 64.9 cm³/mol. The molecule has 0 amide bonds. The van der Waals surface area contributed by atoms with Crippen LogP contribution < -0.4 is 5.73 Å². The van der Waals surface area contributed by atoms with Crippen molar-refractivity contribution >= 4 is 16.9 Å². The van der Waals surface area contributed by atoms with Gasteiger partial charge in [0.05, 0.1) is 18.6 Å². The van der Waals surface area contributed by atoms with Crippen LogP contribution in [0.1, 0.15) is 6.23 Å². The first-order valence-electron chi connectivity index (χ1n) is 5.83. The molecule has 8 heteroatoms. The second kappa shape index (κ2) is 4.42. The van der Waals surface area contributed by atoms with E-state index in [1.54, 1.807) is 6.07 Å². The molecule has 2 aromatic heterocycles. The Morgan fingerprint density at radius 3 is 2.79 bits per heavy atom. The summed E-state index contributed by atoms with van der Waals surface area (Å²) in [6, 6.07) is 1.62. The zero-order valence-electron chi connectivity index (χ0n) is 9.92.